The highest BCUT2D eigenvalue weighted by Crippen LogP contribution is 2.20. The Labute approximate surface area is 151 Å². The minimum absolute atomic E-state index is 0.0199. The lowest BCUT2D eigenvalue weighted by molar-refractivity contribution is 0.102. The molecule has 128 valence electrons. The number of amides is 1. The third-order valence-electron chi connectivity index (χ3n) is 3.14. The van der Waals surface area contributed by atoms with E-state index in [9.17, 15) is 13.6 Å². The van der Waals surface area contributed by atoms with Gasteiger partial charge in [-0.05, 0) is 42.5 Å². The summed E-state index contributed by atoms with van der Waals surface area (Å²) in [6, 6.07) is 9.54. The highest BCUT2D eigenvalue weighted by Gasteiger charge is 2.13. The Morgan fingerprint density at radius 2 is 1.96 bits per heavy atom. The van der Waals surface area contributed by atoms with E-state index in [1.807, 2.05) is 0 Å². The van der Waals surface area contributed by atoms with Crippen LogP contribution in [0.15, 0.2) is 47.8 Å². The van der Waals surface area contributed by atoms with Gasteiger partial charge in [-0.1, -0.05) is 11.6 Å². The molecule has 0 aliphatic rings. The summed E-state index contributed by atoms with van der Waals surface area (Å²) in [5, 5.41) is 4.79. The normalized spacial score (nSPS) is 10.5. The Hall–Kier alpha value is -2.51. The molecule has 1 aromatic heterocycles. The molecule has 2 aromatic carbocycles. The van der Waals surface area contributed by atoms with E-state index in [-0.39, 0.29) is 28.8 Å². The fraction of sp³-hybridized carbons (Fsp3) is 0.0588. The number of hydrogen-bond acceptors (Lipinski definition) is 4. The van der Waals surface area contributed by atoms with E-state index >= 15 is 0 Å². The minimum Gasteiger partial charge on any atom is -0.486 e. The van der Waals surface area contributed by atoms with Crippen LogP contribution in [0.4, 0.5) is 14.5 Å². The molecule has 0 spiro atoms. The van der Waals surface area contributed by atoms with Crippen LogP contribution in [0.3, 0.4) is 0 Å². The van der Waals surface area contributed by atoms with Gasteiger partial charge in [0.15, 0.2) is 0 Å². The molecule has 0 unspecified atom stereocenters. The second-order valence-electron chi connectivity index (χ2n) is 4.95. The van der Waals surface area contributed by atoms with Gasteiger partial charge in [-0.3, -0.25) is 4.79 Å². The smallest absolute Gasteiger partial charge is 0.275 e. The molecule has 1 amide bonds. The number of carbonyl (C=O) groups excluding carboxylic acids is 1. The Kier molecular flexibility index (Phi) is 5.25. The number of thiazole rings is 1. The van der Waals surface area contributed by atoms with E-state index in [2.05, 4.69) is 10.3 Å². The number of halogens is 3. The summed E-state index contributed by atoms with van der Waals surface area (Å²) in [5.74, 6) is -1.03. The van der Waals surface area contributed by atoms with Gasteiger partial charge in [0.25, 0.3) is 5.91 Å². The Morgan fingerprint density at radius 3 is 2.68 bits per heavy atom. The number of aromatic nitrogens is 1. The van der Waals surface area contributed by atoms with Gasteiger partial charge in [0, 0.05) is 10.4 Å². The standard InChI is InChI=1S/C17H11ClF2N2O2S/c18-10-1-6-14(13(20)7-10)22-17(23)15-9-25-16(21-15)8-24-12-4-2-11(19)3-5-12/h1-7,9H,8H2,(H,22,23). The fourth-order valence-corrected chi connectivity index (χ4v) is 2.78. The maximum absolute atomic E-state index is 13.7. The van der Waals surface area contributed by atoms with Gasteiger partial charge in [0.05, 0.1) is 5.69 Å². The topological polar surface area (TPSA) is 51.2 Å². The summed E-state index contributed by atoms with van der Waals surface area (Å²) < 4.78 is 32.0. The minimum atomic E-state index is -0.629. The maximum Gasteiger partial charge on any atom is 0.275 e. The average Bonchev–Trinajstić information content (AvgIpc) is 3.06. The summed E-state index contributed by atoms with van der Waals surface area (Å²) in [5.41, 5.74) is 0.170. The van der Waals surface area contributed by atoms with Crippen LogP contribution >= 0.6 is 22.9 Å². The number of benzene rings is 2. The first-order chi connectivity index (χ1) is 12.0. The molecule has 1 N–H and O–H groups in total. The van der Waals surface area contributed by atoms with Gasteiger partial charge in [-0.25, -0.2) is 13.8 Å². The van der Waals surface area contributed by atoms with Gasteiger partial charge in [0.1, 0.15) is 34.7 Å². The van der Waals surface area contributed by atoms with Crippen LogP contribution in [0, 0.1) is 11.6 Å². The van der Waals surface area contributed by atoms with Gasteiger partial charge >= 0.3 is 0 Å². The first-order valence-corrected chi connectivity index (χ1v) is 8.36. The molecule has 0 radical (unpaired) electrons. The molecule has 0 bridgehead atoms. The average molecular weight is 381 g/mol. The third-order valence-corrected chi connectivity index (χ3v) is 4.20. The second kappa shape index (κ2) is 7.58. The number of carbonyl (C=O) groups is 1. The van der Waals surface area contributed by atoms with Crippen molar-refractivity contribution < 1.29 is 18.3 Å². The number of nitrogens with zero attached hydrogens (tertiary/aromatic N) is 1. The van der Waals surface area contributed by atoms with Crippen molar-refractivity contribution in [1.82, 2.24) is 4.98 Å². The molecule has 25 heavy (non-hydrogen) atoms. The van der Waals surface area contributed by atoms with Crippen molar-refractivity contribution in [2.24, 2.45) is 0 Å². The van der Waals surface area contributed by atoms with Crippen LogP contribution < -0.4 is 10.1 Å². The van der Waals surface area contributed by atoms with E-state index < -0.39 is 11.7 Å². The van der Waals surface area contributed by atoms with Crippen molar-refractivity contribution in [3.8, 4) is 5.75 Å². The largest absolute Gasteiger partial charge is 0.486 e. The number of nitrogens with one attached hydrogen (secondary N) is 1. The van der Waals surface area contributed by atoms with Crippen molar-refractivity contribution in [2.45, 2.75) is 6.61 Å². The number of rotatable bonds is 5. The molecule has 0 saturated carbocycles. The fourth-order valence-electron chi connectivity index (χ4n) is 1.93. The summed E-state index contributed by atoms with van der Waals surface area (Å²) >= 11 is 6.90. The molecule has 0 fully saturated rings. The van der Waals surface area contributed by atoms with Crippen molar-refractivity contribution >= 4 is 34.5 Å². The van der Waals surface area contributed by atoms with Crippen LogP contribution in [-0.2, 0) is 6.61 Å². The molecule has 8 heteroatoms. The predicted molar refractivity (Wildman–Crippen MR) is 92.2 cm³/mol. The van der Waals surface area contributed by atoms with Crippen molar-refractivity contribution in [1.29, 1.82) is 0 Å². The van der Waals surface area contributed by atoms with E-state index in [0.29, 0.717) is 10.8 Å². The summed E-state index contributed by atoms with van der Waals surface area (Å²) in [4.78, 5) is 16.3. The summed E-state index contributed by atoms with van der Waals surface area (Å²) in [6.45, 7) is 0.138. The second-order valence-corrected chi connectivity index (χ2v) is 6.33. The van der Waals surface area contributed by atoms with Crippen LogP contribution in [0.5, 0.6) is 5.75 Å². The molecule has 4 nitrogen and oxygen atoms in total. The zero-order valence-electron chi connectivity index (χ0n) is 12.6. The molecule has 0 aliphatic heterocycles. The van der Waals surface area contributed by atoms with Crippen LogP contribution in [0.1, 0.15) is 15.5 Å². The molecule has 3 aromatic rings. The van der Waals surface area contributed by atoms with Crippen LogP contribution in [0.25, 0.3) is 0 Å². The van der Waals surface area contributed by atoms with Crippen molar-refractivity contribution in [2.75, 3.05) is 5.32 Å². The van der Waals surface area contributed by atoms with Crippen molar-refractivity contribution in [3.05, 3.63) is 75.2 Å². The summed E-state index contributed by atoms with van der Waals surface area (Å²) in [7, 11) is 0. The van der Waals surface area contributed by atoms with Gasteiger partial charge in [0.2, 0.25) is 0 Å². The lowest BCUT2D eigenvalue weighted by Crippen LogP contribution is -2.13. The summed E-state index contributed by atoms with van der Waals surface area (Å²) in [6.07, 6.45) is 0. The predicted octanol–water partition coefficient (Wildman–Crippen LogP) is 4.91. The van der Waals surface area contributed by atoms with E-state index in [4.69, 9.17) is 16.3 Å². The monoisotopic (exact) mass is 380 g/mol. The van der Waals surface area contributed by atoms with E-state index in [1.165, 1.54) is 47.7 Å². The molecular formula is C17H11ClF2N2O2S. The number of anilines is 1. The van der Waals surface area contributed by atoms with Crippen molar-refractivity contribution in [3.63, 3.8) is 0 Å². The Morgan fingerprint density at radius 1 is 1.20 bits per heavy atom. The molecule has 1 heterocycles. The van der Waals surface area contributed by atoms with E-state index in [0.717, 1.165) is 6.07 Å². The highest BCUT2D eigenvalue weighted by molar-refractivity contribution is 7.09. The number of hydrogen-bond donors (Lipinski definition) is 1. The molecule has 3 rings (SSSR count). The van der Waals surface area contributed by atoms with Crippen LogP contribution in [-0.4, -0.2) is 10.9 Å². The number of ether oxygens (including phenoxy) is 1. The Balaban J connectivity index is 1.62. The molecule has 0 atom stereocenters. The van der Waals surface area contributed by atoms with Gasteiger partial charge in [-0.15, -0.1) is 11.3 Å². The van der Waals surface area contributed by atoms with Gasteiger partial charge < -0.3 is 10.1 Å². The zero-order valence-corrected chi connectivity index (χ0v) is 14.2. The lowest BCUT2D eigenvalue weighted by Gasteiger charge is -2.05. The lowest BCUT2D eigenvalue weighted by atomic mass is 10.3. The first kappa shape index (κ1) is 17.3. The van der Waals surface area contributed by atoms with Crippen LogP contribution in [0.2, 0.25) is 5.02 Å². The maximum atomic E-state index is 13.7. The highest BCUT2D eigenvalue weighted by atomic mass is 35.5. The molecule has 0 saturated heterocycles. The van der Waals surface area contributed by atoms with Gasteiger partial charge in [-0.2, -0.15) is 0 Å². The molecular weight excluding hydrogens is 370 g/mol. The Bertz CT molecular complexity index is 900. The van der Waals surface area contributed by atoms with E-state index in [1.54, 1.807) is 5.38 Å². The molecule has 0 aliphatic carbocycles. The quantitative estimate of drug-likeness (QED) is 0.684. The SMILES string of the molecule is O=C(Nc1ccc(Cl)cc1F)c1csc(COc2ccc(F)cc2)n1. The zero-order chi connectivity index (χ0) is 17.8. The third kappa shape index (κ3) is 4.52. The first-order valence-electron chi connectivity index (χ1n) is 7.10.